The lowest BCUT2D eigenvalue weighted by molar-refractivity contribution is -0.121. The number of nitrogens with one attached hydrogen (secondary N) is 1. The number of ether oxygens (including phenoxy) is 3. The number of rotatable bonds is 12. The second-order valence-electron chi connectivity index (χ2n) is 5.38. The van der Waals surface area contributed by atoms with E-state index in [9.17, 15) is 10.2 Å². The van der Waals surface area contributed by atoms with Crippen molar-refractivity contribution in [1.82, 2.24) is 0 Å². The Morgan fingerprint density at radius 1 is 1.13 bits per heavy atom. The predicted molar refractivity (Wildman–Crippen MR) is 89.8 cm³/mol. The lowest BCUT2D eigenvalue weighted by Crippen LogP contribution is -2.44. The highest BCUT2D eigenvalue weighted by Crippen LogP contribution is 2.20. The van der Waals surface area contributed by atoms with E-state index in [4.69, 9.17) is 14.2 Å². The van der Waals surface area contributed by atoms with Crippen LogP contribution in [0.3, 0.4) is 0 Å². The molecular weight excluding hydrogens is 298 g/mol. The van der Waals surface area contributed by atoms with E-state index in [0.717, 1.165) is 24.3 Å². The maximum Gasteiger partial charge on any atom is 0.146 e. The highest BCUT2D eigenvalue weighted by atomic mass is 16.7. The first-order valence-electron chi connectivity index (χ1n) is 7.96. The Morgan fingerprint density at radius 2 is 1.83 bits per heavy atom. The highest BCUT2D eigenvalue weighted by Gasteiger charge is 2.27. The van der Waals surface area contributed by atoms with E-state index in [1.807, 2.05) is 24.3 Å². The maximum atomic E-state index is 10.6. The smallest absolute Gasteiger partial charge is 0.146 e. The van der Waals surface area contributed by atoms with Crippen molar-refractivity contribution < 1.29 is 24.4 Å². The first-order chi connectivity index (χ1) is 11.2. The van der Waals surface area contributed by atoms with Gasteiger partial charge in [0.05, 0.1) is 19.3 Å². The summed E-state index contributed by atoms with van der Waals surface area (Å²) in [6.45, 7) is 2.10. The normalized spacial score (nSPS) is 15.0. The molecule has 1 rings (SSSR count). The lowest BCUT2D eigenvalue weighted by Gasteiger charge is -2.30. The molecule has 3 atom stereocenters. The van der Waals surface area contributed by atoms with Gasteiger partial charge in [0.15, 0.2) is 0 Å². The zero-order chi connectivity index (χ0) is 17.1. The minimum absolute atomic E-state index is 0.0488. The summed E-state index contributed by atoms with van der Waals surface area (Å²) in [5, 5.41) is 23.2. The van der Waals surface area contributed by atoms with Gasteiger partial charge in [0.1, 0.15) is 18.6 Å². The molecule has 1 aromatic carbocycles. The number of hydrogen-bond donors (Lipinski definition) is 3. The monoisotopic (exact) mass is 327 g/mol. The molecule has 0 saturated carbocycles. The van der Waals surface area contributed by atoms with E-state index in [2.05, 4.69) is 12.2 Å². The quantitative estimate of drug-likeness (QED) is 0.510. The second-order valence-corrected chi connectivity index (χ2v) is 5.38. The summed E-state index contributed by atoms with van der Waals surface area (Å²) in [5.41, 5.74) is 0.901. The van der Waals surface area contributed by atoms with Gasteiger partial charge in [-0.05, 0) is 37.1 Å². The third-order valence-electron chi connectivity index (χ3n) is 3.65. The molecule has 3 N–H and O–H groups in total. The topological polar surface area (TPSA) is 80.2 Å². The Kier molecular flexibility index (Phi) is 9.63. The molecule has 0 radical (unpaired) electrons. The van der Waals surface area contributed by atoms with E-state index in [-0.39, 0.29) is 19.4 Å². The van der Waals surface area contributed by atoms with Gasteiger partial charge in [-0.15, -0.1) is 0 Å². The number of aliphatic hydroxyl groups is 2. The number of benzene rings is 1. The minimum atomic E-state index is -0.751. The van der Waals surface area contributed by atoms with Crippen LogP contribution in [0.5, 0.6) is 5.75 Å². The molecule has 0 aliphatic rings. The molecule has 0 spiro atoms. The Morgan fingerprint density at radius 3 is 2.35 bits per heavy atom. The summed E-state index contributed by atoms with van der Waals surface area (Å²) in [6, 6.07) is 7.37. The fraction of sp³-hybridized carbons (Fsp3) is 0.647. The summed E-state index contributed by atoms with van der Waals surface area (Å²) in [4.78, 5) is 0. The van der Waals surface area contributed by atoms with Gasteiger partial charge >= 0.3 is 0 Å². The van der Waals surface area contributed by atoms with Crippen LogP contribution in [-0.4, -0.2) is 56.1 Å². The summed E-state index contributed by atoms with van der Waals surface area (Å²) in [5.74, 6) is 0.782. The van der Waals surface area contributed by atoms with Crippen LogP contribution in [0.25, 0.3) is 0 Å². The Bertz CT molecular complexity index is 412. The summed E-state index contributed by atoms with van der Waals surface area (Å²) in [6.07, 6.45) is 0.822. The molecule has 0 amide bonds. The van der Waals surface area contributed by atoms with E-state index in [0.29, 0.717) is 6.42 Å². The van der Waals surface area contributed by atoms with Crippen molar-refractivity contribution >= 4 is 5.69 Å². The van der Waals surface area contributed by atoms with Crippen molar-refractivity contribution in [2.75, 3.05) is 32.9 Å². The molecule has 1 aromatic rings. The molecule has 0 fully saturated rings. The van der Waals surface area contributed by atoms with Gasteiger partial charge in [0, 0.05) is 19.4 Å². The molecule has 0 unspecified atom stereocenters. The van der Waals surface area contributed by atoms with Gasteiger partial charge in [0.2, 0.25) is 0 Å². The van der Waals surface area contributed by atoms with Crippen LogP contribution in [0, 0.1) is 0 Å². The van der Waals surface area contributed by atoms with E-state index >= 15 is 0 Å². The van der Waals surface area contributed by atoms with E-state index in [1.165, 1.54) is 7.11 Å². The standard InChI is InChI=1S/C17H29NO5/c1-4-5-15(17(20)16(10-11-19)23-12-21-2)18-13-6-8-14(22-3)9-7-13/h6-9,15-20H,4-5,10-12H2,1-3H3/t15-,16+,17+/m1/s1. The Balaban J connectivity index is 2.75. The average molecular weight is 327 g/mol. The highest BCUT2D eigenvalue weighted by molar-refractivity contribution is 5.47. The van der Waals surface area contributed by atoms with Crippen molar-refractivity contribution in [3.05, 3.63) is 24.3 Å². The average Bonchev–Trinajstić information content (AvgIpc) is 2.58. The molecule has 6 heteroatoms. The predicted octanol–water partition coefficient (Wildman–Crippen LogP) is 2.01. The van der Waals surface area contributed by atoms with Crippen LogP contribution < -0.4 is 10.1 Å². The summed E-state index contributed by atoms with van der Waals surface area (Å²) >= 11 is 0. The van der Waals surface area contributed by atoms with Gasteiger partial charge in [-0.2, -0.15) is 0 Å². The largest absolute Gasteiger partial charge is 0.497 e. The molecular formula is C17H29NO5. The zero-order valence-electron chi connectivity index (χ0n) is 14.2. The zero-order valence-corrected chi connectivity index (χ0v) is 14.2. The number of aliphatic hydroxyl groups excluding tert-OH is 2. The molecule has 0 bridgehead atoms. The van der Waals surface area contributed by atoms with Crippen LogP contribution in [0.1, 0.15) is 26.2 Å². The Hall–Kier alpha value is -1.34. The van der Waals surface area contributed by atoms with Crippen LogP contribution in [0.2, 0.25) is 0 Å². The van der Waals surface area contributed by atoms with Crippen molar-refractivity contribution in [3.63, 3.8) is 0 Å². The second kappa shape index (κ2) is 11.2. The molecule has 0 aliphatic carbocycles. The van der Waals surface area contributed by atoms with Crippen molar-refractivity contribution in [1.29, 1.82) is 0 Å². The molecule has 0 saturated heterocycles. The molecule has 6 nitrogen and oxygen atoms in total. The molecule has 0 heterocycles. The fourth-order valence-corrected chi connectivity index (χ4v) is 2.44. The molecule has 0 aliphatic heterocycles. The summed E-state index contributed by atoms with van der Waals surface area (Å²) < 4.78 is 15.6. The summed E-state index contributed by atoms with van der Waals surface area (Å²) in [7, 11) is 3.15. The van der Waals surface area contributed by atoms with Crippen LogP contribution in [0.15, 0.2) is 24.3 Å². The van der Waals surface area contributed by atoms with Crippen LogP contribution >= 0.6 is 0 Å². The first-order valence-corrected chi connectivity index (χ1v) is 7.96. The molecule has 23 heavy (non-hydrogen) atoms. The van der Waals surface area contributed by atoms with Crippen molar-refractivity contribution in [2.45, 2.75) is 44.4 Å². The van der Waals surface area contributed by atoms with Gasteiger partial charge in [-0.25, -0.2) is 0 Å². The Labute approximate surface area is 138 Å². The molecule has 132 valence electrons. The number of hydrogen-bond acceptors (Lipinski definition) is 6. The number of anilines is 1. The van der Waals surface area contributed by atoms with E-state index < -0.39 is 12.2 Å². The van der Waals surface area contributed by atoms with Crippen LogP contribution in [0.4, 0.5) is 5.69 Å². The third kappa shape index (κ3) is 6.74. The third-order valence-corrected chi connectivity index (χ3v) is 3.65. The number of methoxy groups -OCH3 is 2. The first kappa shape index (κ1) is 19.7. The van der Waals surface area contributed by atoms with Gasteiger partial charge in [-0.1, -0.05) is 13.3 Å². The SMILES string of the molecule is CCC[C@@H](Nc1ccc(OC)cc1)[C@H](O)[C@H](CCO)OCOC. The molecule has 0 aromatic heterocycles. The maximum absolute atomic E-state index is 10.6. The van der Waals surface area contributed by atoms with Crippen molar-refractivity contribution in [3.8, 4) is 5.75 Å². The van der Waals surface area contributed by atoms with Gasteiger partial charge < -0.3 is 29.7 Å². The van der Waals surface area contributed by atoms with E-state index in [1.54, 1.807) is 7.11 Å². The fourth-order valence-electron chi connectivity index (χ4n) is 2.44. The van der Waals surface area contributed by atoms with Gasteiger partial charge in [0.25, 0.3) is 0 Å². The van der Waals surface area contributed by atoms with Gasteiger partial charge in [-0.3, -0.25) is 0 Å². The minimum Gasteiger partial charge on any atom is -0.497 e. The van der Waals surface area contributed by atoms with Crippen molar-refractivity contribution in [2.24, 2.45) is 0 Å². The van der Waals surface area contributed by atoms with Crippen LogP contribution in [-0.2, 0) is 9.47 Å². The lowest BCUT2D eigenvalue weighted by atomic mass is 9.98.